The third-order valence-electron chi connectivity index (χ3n) is 13.9. The number of aromatic nitrogens is 2. The molecule has 0 N–H and O–H groups in total. The molecule has 2 aromatic carbocycles. The second-order valence-electron chi connectivity index (χ2n) is 19.3. The van der Waals surface area contributed by atoms with Crippen LogP contribution in [0.2, 0.25) is 0 Å². The molecule has 0 spiro atoms. The fourth-order valence-electron chi connectivity index (χ4n) is 10.0. The molecule has 13 nitrogen and oxygen atoms in total. The minimum atomic E-state index is -0.624. The Morgan fingerprint density at radius 3 is 1.77 bits per heavy atom. The standard InChI is InChI=1S/C53H67FN8O5S2/c1-52(2)31-41-43(33-55)50(57-48(45(41)35-66-52)61-17-13-59(14-18-61)21-23-63-4)68-25-11-37-27-38(29-40(28-37)65-6)30-53(3)32-42-44(34-56)51(69-26-12-39-9-7-8-10-47(39)54)58-49(46(42)36-67-53)62-19-15-60(16-20-62)22-24-64-5/h7-10,27-29H,11-26,30-32,35-36H2,1-6H3. The maximum absolute atomic E-state index is 14.6. The lowest BCUT2D eigenvalue weighted by molar-refractivity contribution is -0.0537. The predicted octanol–water partition coefficient (Wildman–Crippen LogP) is 7.50. The van der Waals surface area contributed by atoms with Gasteiger partial charge in [-0.2, -0.15) is 10.5 Å². The largest absolute Gasteiger partial charge is 0.497 e. The Hall–Kier alpha value is -4.49. The second-order valence-corrected chi connectivity index (χ2v) is 21.5. The molecule has 1 unspecified atom stereocenters. The molecular formula is C53H67FN8O5S2. The Kier molecular flexibility index (Phi) is 17.1. The smallest absolute Gasteiger partial charge is 0.135 e. The number of nitriles is 2. The van der Waals surface area contributed by atoms with Crippen LogP contribution in [0.4, 0.5) is 16.0 Å². The first-order valence-electron chi connectivity index (χ1n) is 24.2. The lowest BCUT2D eigenvalue weighted by Crippen LogP contribution is -2.48. The Labute approximate surface area is 416 Å². The lowest BCUT2D eigenvalue weighted by Gasteiger charge is -2.40. The summed E-state index contributed by atoms with van der Waals surface area (Å²) in [7, 11) is 5.18. The van der Waals surface area contributed by atoms with E-state index in [1.807, 2.05) is 12.1 Å². The first kappa shape index (κ1) is 50.9. The zero-order valence-electron chi connectivity index (χ0n) is 41.2. The maximum Gasteiger partial charge on any atom is 0.135 e. The van der Waals surface area contributed by atoms with Crippen LogP contribution < -0.4 is 14.5 Å². The van der Waals surface area contributed by atoms with E-state index in [1.165, 1.54) is 17.8 Å². The minimum Gasteiger partial charge on any atom is -0.497 e. The Bertz CT molecular complexity index is 2520. The van der Waals surface area contributed by atoms with Gasteiger partial charge < -0.3 is 33.5 Å². The number of piperazine rings is 2. The Morgan fingerprint density at radius 1 is 0.681 bits per heavy atom. The fourth-order valence-corrected chi connectivity index (χ4v) is 12.0. The van der Waals surface area contributed by atoms with Crippen molar-refractivity contribution in [1.29, 1.82) is 10.5 Å². The Morgan fingerprint density at radius 2 is 1.22 bits per heavy atom. The summed E-state index contributed by atoms with van der Waals surface area (Å²) in [5.74, 6) is 3.68. The average molecular weight is 979 g/mol. The molecule has 4 aliphatic rings. The molecule has 4 aliphatic heterocycles. The van der Waals surface area contributed by atoms with E-state index in [1.54, 1.807) is 39.2 Å². The van der Waals surface area contributed by atoms with Crippen molar-refractivity contribution < 1.29 is 28.1 Å². The molecule has 0 saturated carbocycles. The van der Waals surface area contributed by atoms with Gasteiger partial charge in [-0.15, -0.1) is 23.5 Å². The molecule has 1 atom stereocenters. The van der Waals surface area contributed by atoms with Crippen molar-refractivity contribution in [3.63, 3.8) is 0 Å². The number of halogens is 1. The number of pyridine rings is 2. The number of ether oxygens (including phenoxy) is 5. The van der Waals surface area contributed by atoms with Crippen molar-refractivity contribution in [2.24, 2.45) is 0 Å². The number of nitrogens with zero attached hydrogens (tertiary/aromatic N) is 8. The summed E-state index contributed by atoms with van der Waals surface area (Å²) >= 11 is 3.16. The summed E-state index contributed by atoms with van der Waals surface area (Å²) in [5.41, 5.74) is 7.17. The molecule has 0 amide bonds. The third kappa shape index (κ3) is 12.3. The van der Waals surface area contributed by atoms with Gasteiger partial charge in [0.15, 0.2) is 0 Å². The number of thioether (sulfide) groups is 2. The van der Waals surface area contributed by atoms with Crippen LogP contribution in [0.1, 0.15) is 70.8 Å². The van der Waals surface area contributed by atoms with Gasteiger partial charge in [-0.1, -0.05) is 24.3 Å². The highest BCUT2D eigenvalue weighted by Crippen LogP contribution is 2.42. The number of anilines is 2. The average Bonchev–Trinajstić information content (AvgIpc) is 3.35. The molecule has 0 aliphatic carbocycles. The molecule has 16 heteroatoms. The van der Waals surface area contributed by atoms with Crippen LogP contribution in [-0.4, -0.2) is 142 Å². The first-order valence-corrected chi connectivity index (χ1v) is 26.2. The van der Waals surface area contributed by atoms with Crippen LogP contribution in [-0.2, 0) is 64.3 Å². The van der Waals surface area contributed by atoms with E-state index in [4.69, 9.17) is 33.7 Å². The summed E-state index contributed by atoms with van der Waals surface area (Å²) in [6.45, 7) is 17.2. The van der Waals surface area contributed by atoms with Crippen LogP contribution in [0.25, 0.3) is 0 Å². The zero-order valence-corrected chi connectivity index (χ0v) is 42.8. The van der Waals surface area contributed by atoms with Crippen molar-refractivity contribution >= 4 is 35.2 Å². The Balaban J connectivity index is 1.01. The lowest BCUT2D eigenvalue weighted by atomic mass is 9.83. The van der Waals surface area contributed by atoms with Crippen molar-refractivity contribution in [2.75, 3.05) is 121 Å². The van der Waals surface area contributed by atoms with Crippen LogP contribution >= 0.6 is 23.5 Å². The van der Waals surface area contributed by atoms with Gasteiger partial charge in [0.05, 0.1) is 55.9 Å². The summed E-state index contributed by atoms with van der Waals surface area (Å²) in [6.07, 6.45) is 3.05. The van der Waals surface area contributed by atoms with Crippen molar-refractivity contribution in [2.45, 2.75) is 87.3 Å². The van der Waals surface area contributed by atoms with Gasteiger partial charge in [0, 0.05) is 122 Å². The van der Waals surface area contributed by atoms with Crippen molar-refractivity contribution in [3.8, 4) is 17.9 Å². The van der Waals surface area contributed by atoms with Crippen molar-refractivity contribution in [3.05, 3.63) is 98.4 Å². The molecule has 69 heavy (non-hydrogen) atoms. The van der Waals surface area contributed by atoms with E-state index in [0.29, 0.717) is 79.6 Å². The summed E-state index contributed by atoms with van der Waals surface area (Å²) in [4.78, 5) is 20.0. The molecule has 0 radical (unpaired) electrons. The SMILES string of the molecule is COCCN1CCN(c2nc(SCCc3cc(CC4(C)Cc5c(C#N)c(SCCc6ccccc6F)nc(N6CCN(CCOC)CC6)c5CO4)cc(OC)c3)c(C#N)c3c2COC(C)(C)C3)CC1. The molecule has 368 valence electrons. The van der Waals surface area contributed by atoms with Crippen LogP contribution in [0.15, 0.2) is 52.5 Å². The van der Waals surface area contributed by atoms with Gasteiger partial charge in [0.1, 0.15) is 45.4 Å². The number of benzene rings is 2. The molecule has 2 fully saturated rings. The molecule has 4 aromatic rings. The third-order valence-corrected chi connectivity index (χ3v) is 15.8. The predicted molar refractivity (Wildman–Crippen MR) is 270 cm³/mol. The van der Waals surface area contributed by atoms with Gasteiger partial charge in [-0.05, 0) is 79.6 Å². The van der Waals surface area contributed by atoms with Crippen molar-refractivity contribution in [1.82, 2.24) is 19.8 Å². The molecule has 6 heterocycles. The van der Waals surface area contributed by atoms with E-state index in [0.717, 1.165) is 133 Å². The van der Waals surface area contributed by atoms with E-state index >= 15 is 0 Å². The van der Waals surface area contributed by atoms with Crippen LogP contribution in [0.3, 0.4) is 0 Å². The van der Waals surface area contributed by atoms with E-state index in [2.05, 4.69) is 70.7 Å². The minimum absolute atomic E-state index is 0.218. The second kappa shape index (κ2) is 23.2. The topological polar surface area (TPSA) is 132 Å². The van der Waals surface area contributed by atoms with Crippen LogP contribution in [0, 0.1) is 28.5 Å². The molecule has 8 rings (SSSR count). The summed E-state index contributed by atoms with van der Waals surface area (Å²) < 4.78 is 44.4. The number of hydrogen-bond acceptors (Lipinski definition) is 15. The quantitative estimate of drug-likeness (QED) is 0.0859. The maximum atomic E-state index is 14.6. The molecule has 2 saturated heterocycles. The normalized spacial score (nSPS) is 19.4. The van der Waals surface area contributed by atoms with Crippen LogP contribution in [0.5, 0.6) is 5.75 Å². The number of rotatable bonds is 19. The zero-order chi connectivity index (χ0) is 48.5. The highest BCUT2D eigenvalue weighted by molar-refractivity contribution is 7.99. The summed E-state index contributed by atoms with van der Waals surface area (Å²) in [5, 5.41) is 22.9. The fraction of sp³-hybridized carbons (Fsp3) is 0.547. The number of fused-ring (bicyclic) bond motifs is 2. The highest BCUT2D eigenvalue weighted by atomic mass is 32.2. The summed E-state index contributed by atoms with van der Waals surface area (Å²) in [6, 6.07) is 18.4. The number of hydrogen-bond donors (Lipinski definition) is 0. The van der Waals surface area contributed by atoms with Gasteiger partial charge in [0.25, 0.3) is 0 Å². The highest BCUT2D eigenvalue weighted by Gasteiger charge is 2.38. The van der Waals surface area contributed by atoms with Gasteiger partial charge in [-0.3, -0.25) is 9.80 Å². The van der Waals surface area contributed by atoms with E-state index in [-0.39, 0.29) is 11.4 Å². The van der Waals surface area contributed by atoms with Gasteiger partial charge in [0.2, 0.25) is 0 Å². The number of aryl methyl sites for hydroxylation is 2. The van der Waals surface area contributed by atoms with E-state index < -0.39 is 5.60 Å². The molecule has 0 bridgehead atoms. The number of methoxy groups -OCH3 is 3. The van der Waals surface area contributed by atoms with Gasteiger partial charge in [-0.25, -0.2) is 14.4 Å². The van der Waals surface area contributed by atoms with E-state index in [9.17, 15) is 14.9 Å². The first-order chi connectivity index (χ1) is 33.4. The van der Waals surface area contributed by atoms with Gasteiger partial charge >= 0.3 is 0 Å². The monoisotopic (exact) mass is 978 g/mol. The molecule has 2 aromatic heterocycles. The molecular weight excluding hydrogens is 912 g/mol.